The molecule has 0 aromatic carbocycles. The number of aromatic nitrogens is 3. The first-order valence-corrected chi connectivity index (χ1v) is 10.3. The molecular formula is C18H21N7O3S. The zero-order chi connectivity index (χ0) is 20.2. The second-order valence-electron chi connectivity index (χ2n) is 6.89. The number of carbonyl (C=O) groups is 3. The Balaban J connectivity index is 1.26. The van der Waals surface area contributed by atoms with E-state index in [4.69, 9.17) is 0 Å². The van der Waals surface area contributed by atoms with Crippen molar-refractivity contribution >= 4 is 40.1 Å². The quantitative estimate of drug-likeness (QED) is 0.707. The number of nitrogens with zero attached hydrogens (tertiary/aromatic N) is 5. The van der Waals surface area contributed by atoms with Crippen LogP contribution in [0.4, 0.5) is 11.1 Å². The molecule has 0 radical (unpaired) electrons. The minimum absolute atomic E-state index is 0.00450. The molecule has 11 heteroatoms. The fraction of sp³-hybridized carbons (Fsp3) is 0.444. The molecule has 2 saturated heterocycles. The molecule has 4 rings (SSSR count). The lowest BCUT2D eigenvalue weighted by atomic mass is 10.2. The second kappa shape index (κ2) is 8.52. The minimum atomic E-state index is -0.513. The van der Waals surface area contributed by atoms with E-state index in [0.717, 1.165) is 0 Å². The number of hydrogen-bond donors (Lipinski definition) is 2. The number of rotatable bonds is 5. The summed E-state index contributed by atoms with van der Waals surface area (Å²) in [5.74, 6) is 0.291. The van der Waals surface area contributed by atoms with Crippen molar-refractivity contribution in [2.75, 3.05) is 36.4 Å². The summed E-state index contributed by atoms with van der Waals surface area (Å²) < 4.78 is 0. The van der Waals surface area contributed by atoms with E-state index in [-0.39, 0.29) is 24.1 Å². The number of hydrogen-bond acceptors (Lipinski definition) is 8. The molecule has 0 aliphatic carbocycles. The van der Waals surface area contributed by atoms with Crippen molar-refractivity contribution in [2.45, 2.75) is 25.3 Å². The summed E-state index contributed by atoms with van der Waals surface area (Å²) in [5.41, 5.74) is 0.625. The molecule has 4 heterocycles. The highest BCUT2D eigenvalue weighted by Crippen LogP contribution is 2.18. The highest BCUT2D eigenvalue weighted by atomic mass is 32.1. The van der Waals surface area contributed by atoms with Crippen molar-refractivity contribution in [3.05, 3.63) is 29.5 Å². The number of carbonyl (C=O) groups excluding carboxylic acids is 3. The van der Waals surface area contributed by atoms with Gasteiger partial charge < -0.3 is 20.4 Å². The number of amides is 3. The largest absolute Gasteiger partial charge is 0.344 e. The van der Waals surface area contributed by atoms with Crippen molar-refractivity contribution in [3.63, 3.8) is 0 Å². The Morgan fingerprint density at radius 2 is 1.97 bits per heavy atom. The van der Waals surface area contributed by atoms with Gasteiger partial charge in [0.15, 0.2) is 5.13 Å². The van der Waals surface area contributed by atoms with E-state index >= 15 is 0 Å². The molecule has 152 valence electrons. The van der Waals surface area contributed by atoms with Gasteiger partial charge in [0, 0.05) is 50.4 Å². The van der Waals surface area contributed by atoms with Gasteiger partial charge in [0.05, 0.1) is 12.1 Å². The lowest BCUT2D eigenvalue weighted by Gasteiger charge is -2.34. The maximum Gasteiger partial charge on any atom is 0.248 e. The molecule has 3 amide bonds. The summed E-state index contributed by atoms with van der Waals surface area (Å²) in [4.78, 5) is 52.7. The van der Waals surface area contributed by atoms with Crippen molar-refractivity contribution in [1.29, 1.82) is 0 Å². The Kier molecular flexibility index (Phi) is 5.65. The highest BCUT2D eigenvalue weighted by Gasteiger charge is 2.28. The molecule has 2 aliphatic heterocycles. The predicted octanol–water partition coefficient (Wildman–Crippen LogP) is 0.0415. The minimum Gasteiger partial charge on any atom is -0.344 e. The van der Waals surface area contributed by atoms with Crippen LogP contribution >= 0.6 is 11.3 Å². The molecule has 2 N–H and O–H groups in total. The molecule has 2 aliphatic rings. The molecule has 0 saturated carbocycles. The first kappa shape index (κ1) is 19.2. The number of thiazole rings is 1. The lowest BCUT2D eigenvalue weighted by molar-refractivity contribution is -0.130. The van der Waals surface area contributed by atoms with Crippen molar-refractivity contribution in [1.82, 2.24) is 25.2 Å². The zero-order valence-corrected chi connectivity index (χ0v) is 16.5. The summed E-state index contributed by atoms with van der Waals surface area (Å²) >= 11 is 1.27. The lowest BCUT2D eigenvalue weighted by Crippen LogP contribution is -2.49. The molecule has 2 aromatic heterocycles. The first-order valence-electron chi connectivity index (χ1n) is 9.43. The van der Waals surface area contributed by atoms with E-state index in [9.17, 15) is 14.4 Å². The monoisotopic (exact) mass is 415 g/mol. The van der Waals surface area contributed by atoms with Gasteiger partial charge in [-0.3, -0.25) is 14.4 Å². The van der Waals surface area contributed by atoms with Crippen molar-refractivity contribution < 1.29 is 14.4 Å². The van der Waals surface area contributed by atoms with Crippen LogP contribution in [0.1, 0.15) is 18.5 Å². The van der Waals surface area contributed by atoms with Crippen LogP contribution in [0.5, 0.6) is 0 Å². The van der Waals surface area contributed by atoms with Gasteiger partial charge >= 0.3 is 0 Å². The average Bonchev–Trinajstić information content (AvgIpc) is 3.37. The van der Waals surface area contributed by atoms with E-state index in [2.05, 4.69) is 30.5 Å². The van der Waals surface area contributed by atoms with E-state index in [0.29, 0.717) is 55.8 Å². The standard InChI is InChI=1S/C18H21N7O3S/c26-14-3-2-13(22-14)16(28)23-18-21-12(11-29-18)10-15(27)24-6-8-25(9-7-24)17-19-4-1-5-20-17/h1,4-5,11,13H,2-3,6-10H2,(H,22,26)(H,21,23,28). The molecule has 1 unspecified atom stereocenters. The molecule has 1 atom stereocenters. The van der Waals surface area contributed by atoms with Gasteiger partial charge in [-0.15, -0.1) is 11.3 Å². The van der Waals surface area contributed by atoms with E-state index in [1.165, 1.54) is 11.3 Å². The van der Waals surface area contributed by atoms with E-state index in [1.807, 2.05) is 4.90 Å². The van der Waals surface area contributed by atoms with E-state index < -0.39 is 6.04 Å². The Labute approximate surface area is 171 Å². The van der Waals surface area contributed by atoms with Gasteiger partial charge in [-0.05, 0) is 12.5 Å². The van der Waals surface area contributed by atoms with Gasteiger partial charge in [-0.1, -0.05) is 0 Å². The molecule has 29 heavy (non-hydrogen) atoms. The molecule has 0 spiro atoms. The number of piperazine rings is 1. The Bertz CT molecular complexity index is 896. The second-order valence-corrected chi connectivity index (χ2v) is 7.74. The molecule has 0 bridgehead atoms. The van der Waals surface area contributed by atoms with Crippen LogP contribution in [0.15, 0.2) is 23.8 Å². The van der Waals surface area contributed by atoms with Crippen LogP contribution in [0.25, 0.3) is 0 Å². The topological polar surface area (TPSA) is 120 Å². The van der Waals surface area contributed by atoms with Crippen LogP contribution in [-0.4, -0.2) is 69.8 Å². The third-order valence-corrected chi connectivity index (χ3v) is 5.70. The molecule has 10 nitrogen and oxygen atoms in total. The summed E-state index contributed by atoms with van der Waals surface area (Å²) in [7, 11) is 0. The van der Waals surface area contributed by atoms with Crippen molar-refractivity contribution in [2.24, 2.45) is 0 Å². The maximum atomic E-state index is 12.6. The summed E-state index contributed by atoms with van der Waals surface area (Å²) in [6.45, 7) is 2.57. The van der Waals surface area contributed by atoms with Crippen molar-refractivity contribution in [3.8, 4) is 0 Å². The summed E-state index contributed by atoms with van der Waals surface area (Å²) in [6, 6.07) is 1.26. The van der Waals surface area contributed by atoms with E-state index in [1.54, 1.807) is 23.8 Å². The smallest absolute Gasteiger partial charge is 0.248 e. The van der Waals surface area contributed by atoms with Crippen LogP contribution in [-0.2, 0) is 20.8 Å². The number of nitrogens with one attached hydrogen (secondary N) is 2. The Hall–Kier alpha value is -3.08. The summed E-state index contributed by atoms with van der Waals surface area (Å²) in [6.07, 6.45) is 4.45. The number of anilines is 2. The average molecular weight is 415 g/mol. The predicted molar refractivity (Wildman–Crippen MR) is 106 cm³/mol. The normalized spacial score (nSPS) is 19.2. The van der Waals surface area contributed by atoms with Crippen LogP contribution in [0, 0.1) is 0 Å². The third-order valence-electron chi connectivity index (χ3n) is 4.89. The molecule has 2 fully saturated rings. The fourth-order valence-corrected chi connectivity index (χ4v) is 4.04. The SMILES string of the molecule is O=C1CCC(C(=O)Nc2nc(CC(=O)N3CCN(c4ncccn4)CC3)cs2)N1. The third kappa shape index (κ3) is 4.67. The van der Waals surface area contributed by atoms with Gasteiger partial charge in [0.2, 0.25) is 23.7 Å². The maximum absolute atomic E-state index is 12.6. The van der Waals surface area contributed by atoms with Gasteiger partial charge in [0.1, 0.15) is 6.04 Å². The fourth-order valence-electron chi connectivity index (χ4n) is 3.33. The molecular weight excluding hydrogens is 394 g/mol. The van der Waals surface area contributed by atoms with Gasteiger partial charge in [-0.25, -0.2) is 15.0 Å². The van der Waals surface area contributed by atoms with Crippen LogP contribution in [0.3, 0.4) is 0 Å². The van der Waals surface area contributed by atoms with Crippen LogP contribution in [0.2, 0.25) is 0 Å². The highest BCUT2D eigenvalue weighted by molar-refractivity contribution is 7.13. The summed E-state index contributed by atoms with van der Waals surface area (Å²) in [5, 5.41) is 7.54. The first-order chi connectivity index (χ1) is 14.1. The molecule has 2 aromatic rings. The Morgan fingerprint density at radius 1 is 1.21 bits per heavy atom. The zero-order valence-electron chi connectivity index (χ0n) is 15.7. The van der Waals surface area contributed by atoms with Gasteiger partial charge in [-0.2, -0.15) is 0 Å². The van der Waals surface area contributed by atoms with Crippen LogP contribution < -0.4 is 15.5 Å². The Morgan fingerprint density at radius 3 is 2.66 bits per heavy atom. The van der Waals surface area contributed by atoms with Gasteiger partial charge in [0.25, 0.3) is 0 Å².